The molecule has 1 aromatic heterocycles. The zero-order valence-electron chi connectivity index (χ0n) is 8.98. The van der Waals surface area contributed by atoms with Gasteiger partial charge < -0.3 is 20.1 Å². The molecule has 0 radical (unpaired) electrons. The summed E-state index contributed by atoms with van der Waals surface area (Å²) < 4.78 is 23.2. The van der Waals surface area contributed by atoms with Crippen molar-refractivity contribution in [3.63, 3.8) is 0 Å². The molecule has 0 aliphatic carbocycles. The van der Waals surface area contributed by atoms with Gasteiger partial charge in [-0.2, -0.15) is 4.98 Å². The number of methoxy groups -OCH3 is 1. The molecule has 90 valence electrons. The molecule has 6 nitrogen and oxygen atoms in total. The van der Waals surface area contributed by atoms with Crippen LogP contribution in [0.4, 0.5) is 4.39 Å². The molecule has 1 heterocycles. The fourth-order valence-electron chi connectivity index (χ4n) is 1.32. The summed E-state index contributed by atoms with van der Waals surface area (Å²) in [6.45, 7) is 0.0733. The molecule has 1 aromatic carbocycles. The summed E-state index contributed by atoms with van der Waals surface area (Å²) in [5, 5.41) is 12.9. The van der Waals surface area contributed by atoms with E-state index in [2.05, 4.69) is 10.1 Å². The SMILES string of the molecule is COc1cc(-c2noc(CN)n2)c(F)cc1O. The van der Waals surface area contributed by atoms with Crippen LogP contribution in [0.3, 0.4) is 0 Å². The predicted molar refractivity (Wildman–Crippen MR) is 55.8 cm³/mol. The number of halogens is 1. The lowest BCUT2D eigenvalue weighted by Gasteiger charge is -2.05. The van der Waals surface area contributed by atoms with Crippen LogP contribution in [0.2, 0.25) is 0 Å². The fraction of sp³-hybridized carbons (Fsp3) is 0.200. The Morgan fingerprint density at radius 2 is 2.29 bits per heavy atom. The van der Waals surface area contributed by atoms with Crippen molar-refractivity contribution in [2.24, 2.45) is 5.73 Å². The van der Waals surface area contributed by atoms with Crippen LogP contribution in [0.15, 0.2) is 16.7 Å². The molecule has 2 aromatic rings. The van der Waals surface area contributed by atoms with Gasteiger partial charge in [-0.1, -0.05) is 5.16 Å². The number of hydrogen-bond acceptors (Lipinski definition) is 6. The van der Waals surface area contributed by atoms with Gasteiger partial charge >= 0.3 is 0 Å². The van der Waals surface area contributed by atoms with Crippen LogP contribution >= 0.6 is 0 Å². The first-order chi connectivity index (χ1) is 8.15. The standard InChI is InChI=1S/C10H10FN3O3/c1-16-8-2-5(6(11)3-7(8)15)10-13-9(4-12)17-14-10/h2-3,15H,4,12H2,1H3. The highest BCUT2D eigenvalue weighted by atomic mass is 19.1. The Hall–Kier alpha value is -2.15. The van der Waals surface area contributed by atoms with Gasteiger partial charge in [0.05, 0.1) is 19.2 Å². The molecule has 0 amide bonds. The topological polar surface area (TPSA) is 94.4 Å². The first kappa shape index (κ1) is 11.3. The maximum atomic E-state index is 13.6. The van der Waals surface area contributed by atoms with Crippen LogP contribution in [0.5, 0.6) is 11.5 Å². The Balaban J connectivity index is 2.50. The van der Waals surface area contributed by atoms with E-state index in [1.807, 2.05) is 0 Å². The molecule has 0 aliphatic heterocycles. The molecule has 0 saturated carbocycles. The Morgan fingerprint density at radius 1 is 1.53 bits per heavy atom. The van der Waals surface area contributed by atoms with E-state index in [4.69, 9.17) is 15.0 Å². The average molecular weight is 239 g/mol. The summed E-state index contributed by atoms with van der Waals surface area (Å²) in [5.74, 6) is -0.586. The van der Waals surface area contributed by atoms with E-state index in [0.29, 0.717) is 0 Å². The summed E-state index contributed by atoms with van der Waals surface area (Å²) in [7, 11) is 1.36. The van der Waals surface area contributed by atoms with E-state index in [0.717, 1.165) is 6.07 Å². The second-order valence-corrected chi connectivity index (χ2v) is 3.22. The van der Waals surface area contributed by atoms with Gasteiger partial charge in [0.2, 0.25) is 11.7 Å². The zero-order chi connectivity index (χ0) is 12.4. The maximum absolute atomic E-state index is 13.6. The summed E-state index contributed by atoms with van der Waals surface area (Å²) in [6, 6.07) is 2.21. The number of benzene rings is 1. The number of rotatable bonds is 3. The first-order valence-corrected chi connectivity index (χ1v) is 4.75. The van der Waals surface area contributed by atoms with Gasteiger partial charge in [-0.15, -0.1) is 0 Å². The Labute approximate surface area is 95.8 Å². The van der Waals surface area contributed by atoms with Gasteiger partial charge in [-0.3, -0.25) is 0 Å². The van der Waals surface area contributed by atoms with Gasteiger partial charge in [0.15, 0.2) is 11.5 Å². The molecule has 17 heavy (non-hydrogen) atoms. The number of phenols is 1. The molecule has 2 rings (SSSR count). The Morgan fingerprint density at radius 3 is 2.88 bits per heavy atom. The van der Waals surface area contributed by atoms with Gasteiger partial charge in [0.1, 0.15) is 5.82 Å². The van der Waals surface area contributed by atoms with Crippen molar-refractivity contribution in [1.29, 1.82) is 0 Å². The molecule has 0 saturated heterocycles. The third-order valence-corrected chi connectivity index (χ3v) is 2.15. The van der Waals surface area contributed by atoms with Crippen molar-refractivity contribution in [1.82, 2.24) is 10.1 Å². The van der Waals surface area contributed by atoms with E-state index in [9.17, 15) is 9.50 Å². The molecule has 0 spiro atoms. The van der Waals surface area contributed by atoms with Crippen molar-refractivity contribution in [2.75, 3.05) is 7.11 Å². The van der Waals surface area contributed by atoms with Crippen molar-refractivity contribution in [3.05, 3.63) is 23.8 Å². The second kappa shape index (κ2) is 4.38. The third-order valence-electron chi connectivity index (χ3n) is 2.15. The Kier molecular flexibility index (Phi) is 2.92. The number of aromatic hydroxyl groups is 1. The van der Waals surface area contributed by atoms with Crippen LogP contribution in [-0.2, 0) is 6.54 Å². The van der Waals surface area contributed by atoms with Gasteiger partial charge in [0.25, 0.3) is 0 Å². The van der Waals surface area contributed by atoms with Crippen molar-refractivity contribution in [2.45, 2.75) is 6.54 Å². The van der Waals surface area contributed by atoms with Crippen molar-refractivity contribution >= 4 is 0 Å². The summed E-state index contributed by atoms with van der Waals surface area (Å²) in [6.07, 6.45) is 0. The molecule has 0 fully saturated rings. The normalized spacial score (nSPS) is 10.5. The lowest BCUT2D eigenvalue weighted by molar-refractivity contribution is 0.370. The van der Waals surface area contributed by atoms with Crippen LogP contribution in [0.1, 0.15) is 5.89 Å². The molecular formula is C10H10FN3O3. The summed E-state index contributed by atoms with van der Waals surface area (Å²) in [5.41, 5.74) is 5.38. The molecule has 3 N–H and O–H groups in total. The number of phenolic OH excluding ortho intramolecular Hbond substituents is 1. The molecule has 0 atom stereocenters. The van der Waals surface area contributed by atoms with Crippen LogP contribution in [0, 0.1) is 5.82 Å². The van der Waals surface area contributed by atoms with Crippen molar-refractivity contribution in [3.8, 4) is 22.9 Å². The van der Waals surface area contributed by atoms with Gasteiger partial charge in [-0.25, -0.2) is 4.39 Å². The quantitative estimate of drug-likeness (QED) is 0.831. The van der Waals surface area contributed by atoms with E-state index in [-0.39, 0.29) is 35.3 Å². The molecule has 0 bridgehead atoms. The minimum atomic E-state index is -0.673. The number of nitrogens with two attached hydrogens (primary N) is 1. The van der Waals surface area contributed by atoms with E-state index in [1.54, 1.807) is 0 Å². The molecule has 0 unspecified atom stereocenters. The number of nitrogens with zero attached hydrogens (tertiary/aromatic N) is 2. The second-order valence-electron chi connectivity index (χ2n) is 3.22. The Bertz CT molecular complexity index is 542. The van der Waals surface area contributed by atoms with E-state index < -0.39 is 5.82 Å². The summed E-state index contributed by atoms with van der Waals surface area (Å²) in [4.78, 5) is 3.88. The predicted octanol–water partition coefficient (Wildman–Crippen LogP) is 1.05. The number of aromatic nitrogens is 2. The average Bonchev–Trinajstić information content (AvgIpc) is 2.78. The van der Waals surface area contributed by atoms with Crippen LogP contribution in [-0.4, -0.2) is 22.4 Å². The smallest absolute Gasteiger partial charge is 0.240 e. The number of hydrogen-bond donors (Lipinski definition) is 2. The highest BCUT2D eigenvalue weighted by Crippen LogP contribution is 2.32. The van der Waals surface area contributed by atoms with E-state index in [1.165, 1.54) is 13.2 Å². The lowest BCUT2D eigenvalue weighted by Crippen LogP contribution is -1.96. The van der Waals surface area contributed by atoms with E-state index >= 15 is 0 Å². The molecule has 0 aliphatic rings. The highest BCUT2D eigenvalue weighted by Gasteiger charge is 2.16. The van der Waals surface area contributed by atoms with Crippen LogP contribution < -0.4 is 10.5 Å². The minimum Gasteiger partial charge on any atom is -0.504 e. The molecule has 7 heteroatoms. The minimum absolute atomic E-state index is 0.0567. The molecular weight excluding hydrogens is 229 g/mol. The van der Waals surface area contributed by atoms with Gasteiger partial charge in [0, 0.05) is 6.07 Å². The van der Waals surface area contributed by atoms with Crippen LogP contribution in [0.25, 0.3) is 11.4 Å². The van der Waals surface area contributed by atoms with Crippen molar-refractivity contribution < 1.29 is 18.8 Å². The lowest BCUT2D eigenvalue weighted by atomic mass is 10.2. The zero-order valence-corrected chi connectivity index (χ0v) is 8.98. The largest absolute Gasteiger partial charge is 0.504 e. The fourth-order valence-corrected chi connectivity index (χ4v) is 1.32. The van der Waals surface area contributed by atoms with Gasteiger partial charge in [-0.05, 0) is 6.07 Å². The monoisotopic (exact) mass is 239 g/mol. The first-order valence-electron chi connectivity index (χ1n) is 4.75. The third kappa shape index (κ3) is 2.04. The summed E-state index contributed by atoms with van der Waals surface area (Å²) >= 11 is 0. The maximum Gasteiger partial charge on any atom is 0.240 e. The number of ether oxygens (including phenoxy) is 1. The highest BCUT2D eigenvalue weighted by molar-refractivity contribution is 5.61.